The zero-order valence-electron chi connectivity index (χ0n) is 31.3. The molecule has 0 heterocycles. The summed E-state index contributed by atoms with van der Waals surface area (Å²) in [6.45, 7) is 13.6. The van der Waals surface area contributed by atoms with Crippen molar-refractivity contribution in [1.82, 2.24) is 0 Å². The van der Waals surface area contributed by atoms with Gasteiger partial charge in [0.1, 0.15) is 5.97 Å². The molecular weight excluding hydrogens is 889 g/mol. The third kappa shape index (κ3) is 11.8. The van der Waals surface area contributed by atoms with Crippen molar-refractivity contribution in [3.8, 4) is 0 Å². The fraction of sp³-hybridized carbons (Fsp3) is 0.262. The molecule has 0 N–H and O–H groups in total. The lowest BCUT2D eigenvalue weighted by atomic mass is 9.87. The van der Waals surface area contributed by atoms with Gasteiger partial charge >= 0.3 is 38.3 Å². The number of carbonyl (C=O) groups excluding carboxylic acids is 1. The summed E-state index contributed by atoms with van der Waals surface area (Å²) in [6.07, 6.45) is 0. The largest absolute Gasteiger partial charge is 0.743 e. The topological polar surface area (TPSA) is 97.3 Å². The first-order chi connectivity index (χ1) is 25.8. The van der Waals surface area contributed by atoms with Gasteiger partial charge < -0.3 is 14.5 Å². The first-order valence-electron chi connectivity index (χ1n) is 16.9. The number of carboxylic acid groups (broad SMARTS) is 1. The van der Waals surface area contributed by atoms with Crippen LogP contribution in [0.15, 0.2) is 154 Å². The molecule has 0 bridgehead atoms. The third-order valence-electron chi connectivity index (χ3n) is 7.91. The summed E-state index contributed by atoms with van der Waals surface area (Å²) < 4.78 is 105. The van der Waals surface area contributed by atoms with Crippen molar-refractivity contribution in [3.63, 3.8) is 0 Å². The van der Waals surface area contributed by atoms with Crippen LogP contribution in [0, 0.1) is 7.14 Å². The summed E-state index contributed by atoms with van der Waals surface area (Å²) >= 11 is -0.0703. The van der Waals surface area contributed by atoms with Crippen LogP contribution in [0.2, 0.25) is 0 Å². The third-order valence-corrected chi connectivity index (χ3v) is 13.7. The Morgan fingerprint density at radius 2 is 0.821 bits per heavy atom. The summed E-state index contributed by atoms with van der Waals surface area (Å²) in [4.78, 5) is 13.6. The summed E-state index contributed by atoms with van der Waals surface area (Å²) in [5.74, 6) is -17.4. The van der Waals surface area contributed by atoms with Gasteiger partial charge in [-0.15, -0.1) is 0 Å². The van der Waals surface area contributed by atoms with Crippen molar-refractivity contribution < 1.29 is 70.4 Å². The summed E-state index contributed by atoms with van der Waals surface area (Å²) in [5.41, 5.74) is 3.31. The molecule has 0 saturated carbocycles. The molecule has 0 radical (unpaired) electrons. The van der Waals surface area contributed by atoms with Crippen LogP contribution in [-0.2, 0) is 36.6 Å². The molecule has 0 aliphatic heterocycles. The summed E-state index contributed by atoms with van der Waals surface area (Å²) in [5, 5.41) is 2.68. The van der Waals surface area contributed by atoms with E-state index in [0.717, 1.165) is 0 Å². The van der Waals surface area contributed by atoms with Crippen LogP contribution in [0.5, 0.6) is 0 Å². The first-order valence-corrected chi connectivity index (χ1v) is 21.7. The normalized spacial score (nSPS) is 12.5. The average Bonchev–Trinajstić information content (AvgIpc) is 3.13. The molecule has 0 fully saturated rings. The molecule has 300 valence electrons. The summed E-state index contributed by atoms with van der Waals surface area (Å²) in [6, 6.07) is 50.6. The lowest BCUT2D eigenvalue weighted by Crippen LogP contribution is -3.61. The molecule has 0 amide bonds. The molecule has 0 spiro atoms. The van der Waals surface area contributed by atoms with Crippen molar-refractivity contribution in [2.45, 2.75) is 84.2 Å². The van der Waals surface area contributed by atoms with Crippen molar-refractivity contribution in [2.24, 2.45) is 0 Å². The average molecular weight is 931 g/mol. The van der Waals surface area contributed by atoms with Crippen LogP contribution in [0.3, 0.4) is 0 Å². The molecular formula is C42H41F6IO5S2. The number of hydrogen-bond acceptors (Lipinski definition) is 5. The Morgan fingerprint density at radius 3 is 1.05 bits per heavy atom. The minimum Gasteiger partial charge on any atom is -0.743 e. The number of rotatable bonds is 9. The van der Waals surface area contributed by atoms with E-state index >= 15 is 0 Å². The maximum atomic E-state index is 12.2. The van der Waals surface area contributed by atoms with Gasteiger partial charge in [-0.2, -0.15) is 26.3 Å². The predicted molar refractivity (Wildman–Crippen MR) is 199 cm³/mol. The highest BCUT2D eigenvalue weighted by atomic mass is 127. The predicted octanol–water partition coefficient (Wildman–Crippen LogP) is 6.34. The molecule has 14 heteroatoms. The number of aliphatic carboxylic acids is 1. The quantitative estimate of drug-likeness (QED) is 0.0745. The van der Waals surface area contributed by atoms with Crippen LogP contribution < -0.4 is 26.3 Å². The molecule has 0 unspecified atom stereocenters. The Hall–Kier alpha value is -3.86. The van der Waals surface area contributed by atoms with Gasteiger partial charge in [0.2, 0.25) is 0 Å². The Kier molecular flexibility index (Phi) is 15.5. The van der Waals surface area contributed by atoms with E-state index in [4.69, 9.17) is 0 Å². The highest BCUT2D eigenvalue weighted by Crippen LogP contribution is 2.47. The van der Waals surface area contributed by atoms with Crippen LogP contribution >= 0.6 is 0 Å². The Labute approximate surface area is 337 Å². The van der Waals surface area contributed by atoms with Gasteiger partial charge in [-0.05, 0) is 82.6 Å². The zero-order valence-corrected chi connectivity index (χ0v) is 35.1. The maximum Gasteiger partial charge on any atom is 0.402 e. The van der Waals surface area contributed by atoms with Crippen molar-refractivity contribution in [3.05, 3.63) is 158 Å². The standard InChI is InChI=1S/C20H26I.C18H15S.C4H2F6O5S/c1-19(2,3)15-7-11-17(12-8-15)21-18-13-9-16(10-14-18)20(4,5)6;1-4-10-16(11-5-1)19(17-12-6-2-7-13-17)18-14-8-3-9-15-18;5-2(6,1(11)12)3(7,8)4(9,10)16(13,14)15/h7-14H,1-6H3;1-15H;(H,11,12)(H,13,14,15)/q2*+1;/p-2. The second-order valence-corrected chi connectivity index (χ2v) is 20.7. The lowest BCUT2D eigenvalue weighted by molar-refractivity contribution is -0.597. The van der Waals surface area contributed by atoms with Gasteiger partial charge in [0.25, 0.3) is 0 Å². The molecule has 0 aromatic heterocycles. The highest BCUT2D eigenvalue weighted by molar-refractivity contribution is 7.97. The van der Waals surface area contributed by atoms with Gasteiger partial charge in [-0.3, -0.25) is 0 Å². The van der Waals surface area contributed by atoms with Gasteiger partial charge in [-0.25, -0.2) is 8.42 Å². The van der Waals surface area contributed by atoms with E-state index in [0.29, 0.717) is 0 Å². The molecule has 5 rings (SSSR count). The van der Waals surface area contributed by atoms with E-state index in [2.05, 4.69) is 181 Å². The number of carboxylic acids is 1. The SMILES string of the molecule is CC(C)(C)c1ccc([I+]c2ccc(C(C)(C)C)cc2)cc1.O=C([O-])C(F)(F)C(F)(F)C(F)(F)S(=O)(=O)[O-].c1ccc([S+](c2ccccc2)c2ccccc2)cc1. The number of alkyl halides is 6. The molecule has 0 saturated heterocycles. The smallest absolute Gasteiger partial charge is 0.402 e. The van der Waals surface area contributed by atoms with Crippen LogP contribution in [0.1, 0.15) is 52.7 Å². The summed E-state index contributed by atoms with van der Waals surface area (Å²) in [7, 11) is -7.20. The molecule has 0 aliphatic carbocycles. The Bertz CT molecular complexity index is 1960. The minimum absolute atomic E-state index is 0.0146. The van der Waals surface area contributed by atoms with E-state index in [1.54, 1.807) is 0 Å². The van der Waals surface area contributed by atoms with Crippen LogP contribution in [0.4, 0.5) is 26.3 Å². The Morgan fingerprint density at radius 1 is 0.536 bits per heavy atom. The maximum absolute atomic E-state index is 12.2. The molecule has 0 atom stereocenters. The fourth-order valence-corrected chi connectivity index (χ4v) is 9.40. The molecule has 5 nitrogen and oxygen atoms in total. The molecule has 0 aliphatic rings. The van der Waals surface area contributed by atoms with Crippen molar-refractivity contribution in [2.75, 3.05) is 0 Å². The molecule has 5 aromatic carbocycles. The van der Waals surface area contributed by atoms with Crippen molar-refractivity contribution >= 4 is 27.0 Å². The van der Waals surface area contributed by atoms with E-state index in [1.807, 2.05) is 0 Å². The van der Waals surface area contributed by atoms with E-state index in [1.165, 1.54) is 33.0 Å². The van der Waals surface area contributed by atoms with Crippen LogP contribution in [-0.4, -0.2) is 36.0 Å². The minimum atomic E-state index is -7.18. The number of hydrogen-bond donors (Lipinski definition) is 0. The fourth-order valence-electron chi connectivity index (χ4n) is 4.70. The lowest BCUT2D eigenvalue weighted by Gasteiger charge is -2.33. The first kappa shape index (κ1) is 46.5. The van der Waals surface area contributed by atoms with E-state index < -0.39 is 33.2 Å². The number of carbonyl (C=O) groups is 1. The highest BCUT2D eigenvalue weighted by Gasteiger charge is 2.75. The molecule has 5 aromatic rings. The van der Waals surface area contributed by atoms with Gasteiger partial charge in [0.05, 0.1) is 10.9 Å². The number of benzene rings is 5. The number of halogens is 7. The van der Waals surface area contributed by atoms with E-state index in [-0.39, 0.29) is 42.9 Å². The van der Waals surface area contributed by atoms with Crippen LogP contribution in [0.25, 0.3) is 0 Å². The van der Waals surface area contributed by atoms with Gasteiger partial charge in [0.15, 0.2) is 31.9 Å². The van der Waals surface area contributed by atoms with Gasteiger partial charge in [-0.1, -0.05) is 120 Å². The second-order valence-electron chi connectivity index (χ2n) is 14.3. The Balaban J connectivity index is 0.000000228. The van der Waals surface area contributed by atoms with Crippen molar-refractivity contribution in [1.29, 1.82) is 0 Å². The monoisotopic (exact) mass is 930 g/mol. The van der Waals surface area contributed by atoms with Gasteiger partial charge in [0, 0.05) is 0 Å². The molecule has 56 heavy (non-hydrogen) atoms. The second kappa shape index (κ2) is 18.6. The zero-order chi connectivity index (χ0) is 42.2. The van der Waals surface area contributed by atoms with E-state index in [9.17, 15) is 49.2 Å².